The third kappa shape index (κ3) is 14.4. The molecule has 0 aromatic carbocycles. The maximum absolute atomic E-state index is 5.92. The zero-order chi connectivity index (χ0) is 53.3. The van der Waals surface area contributed by atoms with Crippen LogP contribution in [0.1, 0.15) is 214 Å². The first-order valence-corrected chi connectivity index (χ1v) is 29.3. The first-order chi connectivity index (χ1) is 33.3. The average molecular weight is 1010 g/mol. The molecule has 0 unspecified atom stereocenters. The van der Waals surface area contributed by atoms with Crippen LogP contribution in [0.2, 0.25) is 0 Å². The number of piperidine rings is 4. The monoisotopic (exact) mass is 1010 g/mol. The van der Waals surface area contributed by atoms with Crippen molar-refractivity contribution in [3.63, 3.8) is 0 Å². The van der Waals surface area contributed by atoms with Gasteiger partial charge in [-0.05, 0) is 229 Å². The van der Waals surface area contributed by atoms with Gasteiger partial charge in [0, 0.05) is 94.7 Å². The highest BCUT2D eigenvalue weighted by molar-refractivity contribution is 5.48. The molecule has 0 bridgehead atoms. The lowest BCUT2D eigenvalue weighted by Crippen LogP contribution is -2.63. The van der Waals surface area contributed by atoms with Crippen molar-refractivity contribution in [2.75, 3.05) is 95.4 Å². The molecule has 6 heterocycles. The van der Waals surface area contributed by atoms with Gasteiger partial charge in [-0.3, -0.25) is 19.6 Å². The molecule has 72 heavy (non-hydrogen) atoms. The van der Waals surface area contributed by atoms with Gasteiger partial charge in [0.15, 0.2) is 0 Å². The summed E-state index contributed by atoms with van der Waals surface area (Å²) >= 11 is 0. The number of ether oxygens (including phenoxy) is 1. The van der Waals surface area contributed by atoms with E-state index in [9.17, 15) is 0 Å². The summed E-state index contributed by atoms with van der Waals surface area (Å²) in [4.78, 5) is 34.9. The second-order valence-corrected chi connectivity index (χ2v) is 29.0. The maximum Gasteiger partial charge on any atom is 0.232 e. The minimum Gasteiger partial charge on any atom is -0.378 e. The Morgan fingerprint density at radius 3 is 1.03 bits per heavy atom. The predicted molar refractivity (Wildman–Crippen MR) is 306 cm³/mol. The molecular weight excluding hydrogens is 893 g/mol. The Balaban J connectivity index is 1.23. The van der Waals surface area contributed by atoms with Crippen LogP contribution >= 0.6 is 0 Å². The quantitative estimate of drug-likeness (QED) is 0.115. The van der Waals surface area contributed by atoms with Crippen molar-refractivity contribution in [3.05, 3.63) is 0 Å². The van der Waals surface area contributed by atoms with E-state index in [1.807, 2.05) is 0 Å². The summed E-state index contributed by atoms with van der Waals surface area (Å²) in [5.41, 5.74) is 0.933. The van der Waals surface area contributed by atoms with E-state index in [0.717, 1.165) is 95.6 Å². The zero-order valence-corrected chi connectivity index (χ0v) is 50.7. The summed E-state index contributed by atoms with van der Waals surface area (Å²) in [6.07, 6.45) is 18.6. The van der Waals surface area contributed by atoms with Crippen molar-refractivity contribution in [3.8, 4) is 0 Å². The van der Waals surface area contributed by atoms with Crippen molar-refractivity contribution >= 4 is 17.8 Å². The summed E-state index contributed by atoms with van der Waals surface area (Å²) in [6, 6.07) is 1.76. The first kappa shape index (κ1) is 59.4. The van der Waals surface area contributed by atoms with Crippen LogP contribution in [-0.4, -0.2) is 184 Å². The van der Waals surface area contributed by atoms with Gasteiger partial charge < -0.3 is 30.1 Å². The fourth-order valence-electron chi connectivity index (χ4n) is 14.6. The van der Waals surface area contributed by atoms with Crippen molar-refractivity contribution in [1.82, 2.24) is 45.2 Å². The molecule has 1 aromatic rings. The van der Waals surface area contributed by atoms with Gasteiger partial charge in [-0.25, -0.2) is 0 Å². The maximum atomic E-state index is 5.92. The number of aromatic nitrogens is 3. The standard InChI is InChI=1S/C59H114N12O/c1-52(2)37-45(38-53(3,4)65(52)17)60-29-25-21-23-27-31-70(47-41-56(9,10)67(19)57(11,12)42-47)50-62-49(69-33-35-72-36-34-69)63-51(64-50)71(48-43-58(13,14)68(20)59(15,16)44-48)32-28-24-22-26-30-61-46-39-54(5,6)66(18)55(7,8)40-46/h45-48,60-61H,21-44H2,1-20H3. The van der Waals surface area contributed by atoms with Gasteiger partial charge in [0.1, 0.15) is 0 Å². The number of nitrogens with zero attached hydrogens (tertiary/aromatic N) is 10. The van der Waals surface area contributed by atoms with Crippen molar-refractivity contribution in [2.45, 2.75) is 282 Å². The summed E-state index contributed by atoms with van der Waals surface area (Å²) in [5.74, 6) is 2.57. The minimum atomic E-state index is 0.0312. The summed E-state index contributed by atoms with van der Waals surface area (Å²) in [5, 5.41) is 8.00. The van der Waals surface area contributed by atoms with Crippen LogP contribution in [-0.2, 0) is 4.74 Å². The minimum absolute atomic E-state index is 0.0312. The topological polar surface area (TPSA) is 94.6 Å². The van der Waals surface area contributed by atoms with E-state index in [1.165, 1.54) is 64.2 Å². The molecule has 2 N–H and O–H groups in total. The molecule has 0 amide bonds. The summed E-state index contributed by atoms with van der Waals surface area (Å²) in [7, 11) is 9.27. The molecule has 6 rings (SSSR count). The van der Waals surface area contributed by atoms with Gasteiger partial charge in [0.05, 0.1) is 13.2 Å². The lowest BCUT2D eigenvalue weighted by Gasteiger charge is -2.56. The first-order valence-electron chi connectivity index (χ1n) is 29.3. The van der Waals surface area contributed by atoms with E-state index < -0.39 is 0 Å². The van der Waals surface area contributed by atoms with E-state index in [-0.39, 0.29) is 44.3 Å². The second kappa shape index (κ2) is 23.0. The van der Waals surface area contributed by atoms with Crippen LogP contribution in [0.25, 0.3) is 0 Å². The van der Waals surface area contributed by atoms with E-state index in [1.54, 1.807) is 0 Å². The van der Waals surface area contributed by atoms with Crippen LogP contribution in [0.4, 0.5) is 17.8 Å². The lowest BCUT2D eigenvalue weighted by molar-refractivity contribution is -0.0183. The Kier molecular flexibility index (Phi) is 19.0. The van der Waals surface area contributed by atoms with E-state index in [4.69, 9.17) is 19.7 Å². The number of likely N-dealkylation sites (tertiary alicyclic amines) is 4. The number of anilines is 3. The Labute approximate surface area is 443 Å². The van der Waals surface area contributed by atoms with Gasteiger partial charge in [0.2, 0.25) is 17.8 Å². The van der Waals surface area contributed by atoms with Crippen LogP contribution in [0.15, 0.2) is 0 Å². The molecule has 5 saturated heterocycles. The molecule has 0 spiro atoms. The molecular formula is C59H114N12O. The van der Waals surface area contributed by atoms with Gasteiger partial charge >= 0.3 is 0 Å². The van der Waals surface area contributed by atoms with E-state index in [2.05, 4.69) is 184 Å². The second-order valence-electron chi connectivity index (χ2n) is 29.0. The Hall–Kier alpha value is -1.87. The molecule has 0 radical (unpaired) electrons. The van der Waals surface area contributed by atoms with Crippen molar-refractivity contribution in [1.29, 1.82) is 0 Å². The molecule has 0 aliphatic carbocycles. The predicted octanol–water partition coefficient (Wildman–Crippen LogP) is 10.2. The normalized spacial score (nSPS) is 26.2. The highest BCUT2D eigenvalue weighted by atomic mass is 16.5. The van der Waals surface area contributed by atoms with E-state index in [0.29, 0.717) is 37.4 Å². The smallest absolute Gasteiger partial charge is 0.232 e. The van der Waals surface area contributed by atoms with Crippen LogP contribution in [0.5, 0.6) is 0 Å². The zero-order valence-electron chi connectivity index (χ0n) is 50.7. The van der Waals surface area contributed by atoms with Gasteiger partial charge in [-0.1, -0.05) is 25.7 Å². The summed E-state index contributed by atoms with van der Waals surface area (Å²) < 4.78 is 5.92. The van der Waals surface area contributed by atoms with Gasteiger partial charge in [0.25, 0.3) is 0 Å². The van der Waals surface area contributed by atoms with Crippen LogP contribution in [0.3, 0.4) is 0 Å². The highest BCUT2D eigenvalue weighted by Gasteiger charge is 2.48. The summed E-state index contributed by atoms with van der Waals surface area (Å²) in [6.45, 7) is 45.9. The lowest BCUT2D eigenvalue weighted by atomic mass is 9.77. The van der Waals surface area contributed by atoms with Crippen LogP contribution < -0.4 is 25.3 Å². The fourth-order valence-corrected chi connectivity index (χ4v) is 14.6. The fraction of sp³-hybridized carbons (Fsp3) is 0.949. The largest absolute Gasteiger partial charge is 0.378 e. The molecule has 5 aliphatic heterocycles. The number of hydrogen-bond acceptors (Lipinski definition) is 13. The Morgan fingerprint density at radius 2 is 0.708 bits per heavy atom. The molecule has 5 aliphatic rings. The van der Waals surface area contributed by atoms with Gasteiger partial charge in [-0.2, -0.15) is 15.0 Å². The average Bonchev–Trinajstić information content (AvgIpc) is 3.27. The third-order valence-corrected chi connectivity index (χ3v) is 20.0. The molecule has 416 valence electrons. The molecule has 1 aromatic heterocycles. The van der Waals surface area contributed by atoms with Crippen molar-refractivity contribution < 1.29 is 4.74 Å². The molecule has 0 atom stereocenters. The SMILES string of the molecule is CN1C(C)(C)CC(NCCCCCCN(c2nc(N3CCOCC3)nc(N(CCCCCCNC3CC(C)(C)N(C)C(C)(C)C3)C3CC(C)(C)N(C)C(C)(C)C3)n2)C2CC(C)(C)N(C)C(C)(C)C2)CC1(C)C. The van der Waals surface area contributed by atoms with Gasteiger partial charge in [-0.15, -0.1) is 0 Å². The Bertz CT molecular complexity index is 1680. The number of rotatable bonds is 21. The molecule has 13 nitrogen and oxygen atoms in total. The molecule has 5 fully saturated rings. The number of hydrogen-bond donors (Lipinski definition) is 2. The third-order valence-electron chi connectivity index (χ3n) is 20.0. The number of nitrogens with one attached hydrogen (secondary N) is 2. The molecule has 13 heteroatoms. The number of morpholine rings is 1. The van der Waals surface area contributed by atoms with Crippen molar-refractivity contribution in [2.24, 2.45) is 0 Å². The molecule has 0 saturated carbocycles. The Morgan fingerprint density at radius 1 is 0.417 bits per heavy atom. The van der Waals surface area contributed by atoms with E-state index >= 15 is 0 Å². The highest BCUT2D eigenvalue weighted by Crippen LogP contribution is 2.43. The van der Waals surface area contributed by atoms with Crippen LogP contribution in [0, 0.1) is 0 Å². The number of unbranched alkanes of at least 4 members (excludes halogenated alkanes) is 6.